The monoisotopic (exact) mass is 407 g/mol. The molecule has 0 fully saturated rings. The highest BCUT2D eigenvalue weighted by Crippen LogP contribution is 2.25. The van der Waals surface area contributed by atoms with E-state index in [9.17, 15) is 13.2 Å². The zero-order valence-corrected chi connectivity index (χ0v) is 17.6. The number of amides is 1. The predicted octanol–water partition coefficient (Wildman–Crippen LogP) is 2.24. The van der Waals surface area contributed by atoms with E-state index in [1.54, 1.807) is 20.9 Å². The fourth-order valence-electron chi connectivity index (χ4n) is 2.64. The zero-order valence-electron chi connectivity index (χ0n) is 16.8. The van der Waals surface area contributed by atoms with Crippen molar-refractivity contribution in [3.63, 3.8) is 0 Å². The lowest BCUT2D eigenvalue weighted by atomic mass is 9.98. The molecular weight excluding hydrogens is 378 g/mol. The van der Waals surface area contributed by atoms with Crippen LogP contribution in [0.1, 0.15) is 32.3 Å². The van der Waals surface area contributed by atoms with Crippen molar-refractivity contribution in [1.29, 1.82) is 0 Å². The first-order chi connectivity index (χ1) is 13.3. The highest BCUT2D eigenvalue weighted by molar-refractivity contribution is 7.90. The fraction of sp³-hybridized carbons (Fsp3) is 0.450. The molecule has 2 N–H and O–H groups in total. The summed E-state index contributed by atoms with van der Waals surface area (Å²) < 4.78 is 32.2. The summed E-state index contributed by atoms with van der Waals surface area (Å²) in [5, 5.41) is 3.06. The number of nitrogens with zero attached hydrogens (tertiary/aromatic N) is 1. The number of hydrogen-bond donors (Lipinski definition) is 2. The van der Waals surface area contributed by atoms with E-state index in [4.69, 9.17) is 4.74 Å². The van der Waals surface area contributed by atoms with Crippen molar-refractivity contribution in [3.8, 4) is 5.75 Å². The highest BCUT2D eigenvalue weighted by atomic mass is 32.2. The van der Waals surface area contributed by atoms with Crippen LogP contribution in [0.15, 0.2) is 36.4 Å². The summed E-state index contributed by atoms with van der Waals surface area (Å²) in [6, 6.07) is 11.9. The quantitative estimate of drug-likeness (QED) is 0.441. The SMILES string of the molecule is CNN(C=O)CCOc1ccc2cc(C(C)CNS(=O)(=O)C(C)C)ccc2c1. The standard InChI is InChI=1S/C20H29N3O4S/c1-15(2)28(25,26)22-13-16(3)17-5-6-19-12-20(8-7-18(19)11-17)27-10-9-23(14-24)21-4/h5-8,11-12,14-16,21-22H,9-10,13H2,1-4H3. The third-order valence-electron chi connectivity index (χ3n) is 4.63. The molecule has 0 aliphatic rings. The fourth-order valence-corrected chi connectivity index (χ4v) is 3.46. The van der Waals surface area contributed by atoms with Gasteiger partial charge in [0.05, 0.1) is 11.8 Å². The van der Waals surface area contributed by atoms with Crippen molar-refractivity contribution in [1.82, 2.24) is 15.2 Å². The van der Waals surface area contributed by atoms with Gasteiger partial charge < -0.3 is 4.74 Å². The number of carbonyl (C=O) groups excluding carboxylic acids is 1. The van der Waals surface area contributed by atoms with Gasteiger partial charge in [-0.05, 0) is 48.2 Å². The third kappa shape index (κ3) is 5.92. The molecule has 0 aliphatic carbocycles. The Bertz CT molecular complexity index is 899. The maximum absolute atomic E-state index is 11.9. The van der Waals surface area contributed by atoms with Crippen molar-refractivity contribution in [2.24, 2.45) is 0 Å². The van der Waals surface area contributed by atoms with Gasteiger partial charge in [0.1, 0.15) is 12.4 Å². The first-order valence-corrected chi connectivity index (χ1v) is 10.9. The summed E-state index contributed by atoms with van der Waals surface area (Å²) >= 11 is 0. The average Bonchev–Trinajstić information content (AvgIpc) is 2.69. The molecule has 1 unspecified atom stereocenters. The number of carbonyl (C=O) groups is 1. The second-order valence-electron chi connectivity index (χ2n) is 6.98. The molecular formula is C20H29N3O4S. The van der Waals surface area contributed by atoms with Crippen LogP contribution in [0.2, 0.25) is 0 Å². The van der Waals surface area contributed by atoms with Crippen LogP contribution in [-0.4, -0.2) is 51.8 Å². The van der Waals surface area contributed by atoms with Crippen LogP contribution in [0.25, 0.3) is 10.8 Å². The molecule has 2 aromatic carbocycles. The van der Waals surface area contributed by atoms with Gasteiger partial charge >= 0.3 is 0 Å². The number of sulfonamides is 1. The Morgan fingerprint density at radius 1 is 1.11 bits per heavy atom. The van der Waals surface area contributed by atoms with E-state index in [0.29, 0.717) is 26.1 Å². The molecule has 1 atom stereocenters. The summed E-state index contributed by atoms with van der Waals surface area (Å²) in [6.45, 7) is 6.53. The molecule has 8 heteroatoms. The van der Waals surface area contributed by atoms with Crippen molar-refractivity contribution < 1.29 is 17.9 Å². The zero-order chi connectivity index (χ0) is 20.7. The van der Waals surface area contributed by atoms with Crippen LogP contribution in [0.3, 0.4) is 0 Å². The van der Waals surface area contributed by atoms with E-state index in [-0.39, 0.29) is 5.92 Å². The number of benzene rings is 2. The van der Waals surface area contributed by atoms with E-state index in [1.165, 1.54) is 5.01 Å². The van der Waals surface area contributed by atoms with Crippen LogP contribution in [0.4, 0.5) is 0 Å². The largest absolute Gasteiger partial charge is 0.492 e. The van der Waals surface area contributed by atoms with Gasteiger partial charge in [-0.3, -0.25) is 9.80 Å². The minimum atomic E-state index is -3.26. The summed E-state index contributed by atoms with van der Waals surface area (Å²) in [5.41, 5.74) is 3.83. The molecule has 0 saturated heterocycles. The molecule has 28 heavy (non-hydrogen) atoms. The van der Waals surface area contributed by atoms with Crippen molar-refractivity contribution in [2.45, 2.75) is 31.9 Å². The molecule has 1 amide bonds. The first-order valence-electron chi connectivity index (χ1n) is 9.31. The van der Waals surface area contributed by atoms with Gasteiger partial charge in [0.15, 0.2) is 0 Å². The Morgan fingerprint density at radius 3 is 2.43 bits per heavy atom. The summed E-state index contributed by atoms with van der Waals surface area (Å²) in [4.78, 5) is 10.7. The van der Waals surface area contributed by atoms with Gasteiger partial charge in [-0.1, -0.05) is 31.2 Å². The van der Waals surface area contributed by atoms with Crippen LogP contribution in [0, 0.1) is 0 Å². The van der Waals surface area contributed by atoms with Gasteiger partial charge in [-0.2, -0.15) is 0 Å². The number of fused-ring (bicyclic) bond motifs is 1. The molecule has 7 nitrogen and oxygen atoms in total. The molecule has 0 heterocycles. The van der Waals surface area contributed by atoms with Crippen LogP contribution >= 0.6 is 0 Å². The van der Waals surface area contributed by atoms with E-state index < -0.39 is 15.3 Å². The number of rotatable bonds is 11. The molecule has 0 aliphatic heterocycles. The number of nitrogens with one attached hydrogen (secondary N) is 2. The van der Waals surface area contributed by atoms with E-state index in [0.717, 1.165) is 22.1 Å². The molecule has 2 rings (SSSR count). The average molecular weight is 408 g/mol. The van der Waals surface area contributed by atoms with E-state index in [1.807, 2.05) is 37.3 Å². The Hall–Kier alpha value is -2.16. The van der Waals surface area contributed by atoms with Crippen molar-refractivity contribution in [3.05, 3.63) is 42.0 Å². The highest BCUT2D eigenvalue weighted by Gasteiger charge is 2.17. The van der Waals surface area contributed by atoms with E-state index >= 15 is 0 Å². The number of ether oxygens (including phenoxy) is 1. The minimum absolute atomic E-state index is 0.0599. The maximum atomic E-state index is 11.9. The van der Waals surface area contributed by atoms with Gasteiger partial charge in [0.2, 0.25) is 16.4 Å². The smallest absolute Gasteiger partial charge is 0.223 e. The Morgan fingerprint density at radius 2 is 1.79 bits per heavy atom. The molecule has 0 aromatic heterocycles. The lowest BCUT2D eigenvalue weighted by Crippen LogP contribution is -2.36. The Balaban J connectivity index is 2.03. The third-order valence-corrected chi connectivity index (χ3v) is 6.44. The maximum Gasteiger partial charge on any atom is 0.223 e. The molecule has 0 bridgehead atoms. The second kappa shape index (κ2) is 9.86. The van der Waals surface area contributed by atoms with E-state index in [2.05, 4.69) is 16.2 Å². The minimum Gasteiger partial charge on any atom is -0.492 e. The van der Waals surface area contributed by atoms with Crippen molar-refractivity contribution in [2.75, 3.05) is 26.7 Å². The van der Waals surface area contributed by atoms with Crippen LogP contribution in [-0.2, 0) is 14.8 Å². The van der Waals surface area contributed by atoms with Gasteiger partial charge in [0.25, 0.3) is 0 Å². The van der Waals surface area contributed by atoms with Gasteiger partial charge in [0, 0.05) is 13.6 Å². The Labute approximate surface area is 167 Å². The predicted molar refractivity (Wildman–Crippen MR) is 112 cm³/mol. The second-order valence-corrected chi connectivity index (χ2v) is 9.30. The number of hydrazine groups is 1. The molecule has 2 aromatic rings. The topological polar surface area (TPSA) is 87.7 Å². The van der Waals surface area contributed by atoms with Crippen LogP contribution in [0.5, 0.6) is 5.75 Å². The van der Waals surface area contributed by atoms with Gasteiger partial charge in [-0.15, -0.1) is 0 Å². The lowest BCUT2D eigenvalue weighted by Gasteiger charge is -2.17. The summed E-state index contributed by atoms with van der Waals surface area (Å²) in [6.07, 6.45) is 0.716. The Kier molecular flexibility index (Phi) is 7.79. The first kappa shape index (κ1) is 22.1. The van der Waals surface area contributed by atoms with Crippen molar-refractivity contribution >= 4 is 27.2 Å². The molecule has 0 radical (unpaired) electrons. The molecule has 0 spiro atoms. The van der Waals surface area contributed by atoms with Gasteiger partial charge in [-0.25, -0.2) is 18.6 Å². The lowest BCUT2D eigenvalue weighted by molar-refractivity contribution is -0.120. The van der Waals surface area contributed by atoms with Crippen LogP contribution < -0.4 is 14.9 Å². The summed E-state index contributed by atoms with van der Waals surface area (Å²) in [5.74, 6) is 0.796. The summed E-state index contributed by atoms with van der Waals surface area (Å²) in [7, 11) is -1.59. The molecule has 154 valence electrons. The molecule has 0 saturated carbocycles. The normalized spacial score (nSPS) is 12.9. The number of hydrogen-bond acceptors (Lipinski definition) is 5.